The molecule has 0 fully saturated rings. The van der Waals surface area contributed by atoms with Gasteiger partial charge in [-0.15, -0.1) is 11.3 Å². The van der Waals surface area contributed by atoms with Crippen LogP contribution in [0.5, 0.6) is 0 Å². The number of benzene rings is 1. The molecule has 0 aliphatic carbocycles. The van der Waals surface area contributed by atoms with Gasteiger partial charge in [0.15, 0.2) is 0 Å². The molecule has 0 amide bonds. The number of rotatable bonds is 3. The van der Waals surface area contributed by atoms with Gasteiger partial charge in [0, 0.05) is 4.88 Å². The number of amidine groups is 1. The number of nitrogens with zero attached hydrogens (tertiary/aromatic N) is 1. The number of hydrogen-bond donors (Lipinski definition) is 2. The highest BCUT2D eigenvalue weighted by atomic mass is 32.1. The minimum atomic E-state index is 0.0281. The number of hydrogen-bond acceptors (Lipinski definition) is 4. The van der Waals surface area contributed by atoms with Gasteiger partial charge in [-0.2, -0.15) is 0 Å². The smallest absolute Gasteiger partial charge is 0.227 e. The second kappa shape index (κ2) is 4.70. The Morgan fingerprint density at radius 3 is 2.68 bits per heavy atom. The van der Waals surface area contributed by atoms with E-state index in [2.05, 4.69) is 4.98 Å². The summed E-state index contributed by atoms with van der Waals surface area (Å²) in [6.45, 7) is 0. The maximum atomic E-state index is 7.67. The third-order valence-corrected chi connectivity index (χ3v) is 3.92. The van der Waals surface area contributed by atoms with E-state index >= 15 is 0 Å². The molecular weight excluding hydrogens is 258 g/mol. The zero-order valence-corrected chi connectivity index (χ0v) is 10.8. The fraction of sp³-hybridized carbons (Fsp3) is 0. The topological polar surface area (TPSA) is 75.9 Å². The molecule has 2 heterocycles. The first kappa shape index (κ1) is 11.7. The SMILES string of the molecule is N=C(N)c1sc(-c2ccccc2)cc1-c1ncco1. The largest absolute Gasteiger partial charge is 0.444 e. The van der Waals surface area contributed by atoms with Crippen molar-refractivity contribution in [2.24, 2.45) is 5.73 Å². The maximum absolute atomic E-state index is 7.67. The summed E-state index contributed by atoms with van der Waals surface area (Å²) in [4.78, 5) is 5.85. The molecule has 19 heavy (non-hydrogen) atoms. The molecule has 0 radical (unpaired) electrons. The Hall–Kier alpha value is -2.40. The van der Waals surface area contributed by atoms with Crippen molar-refractivity contribution in [3.8, 4) is 21.9 Å². The molecule has 2 aromatic heterocycles. The van der Waals surface area contributed by atoms with Gasteiger partial charge in [-0.3, -0.25) is 5.41 Å². The molecule has 0 atom stereocenters. The summed E-state index contributed by atoms with van der Waals surface area (Å²) in [6, 6.07) is 11.9. The van der Waals surface area contributed by atoms with E-state index in [1.165, 1.54) is 17.6 Å². The van der Waals surface area contributed by atoms with E-state index in [1.54, 1.807) is 6.20 Å². The van der Waals surface area contributed by atoms with E-state index in [-0.39, 0.29) is 5.84 Å². The van der Waals surface area contributed by atoms with Crippen LogP contribution in [0.4, 0.5) is 0 Å². The summed E-state index contributed by atoms with van der Waals surface area (Å²) in [5.41, 5.74) is 7.49. The molecule has 4 nitrogen and oxygen atoms in total. The average molecular weight is 269 g/mol. The number of nitrogens with one attached hydrogen (secondary N) is 1. The molecule has 0 aliphatic rings. The van der Waals surface area contributed by atoms with Gasteiger partial charge in [0.05, 0.1) is 16.6 Å². The predicted molar refractivity (Wildman–Crippen MR) is 76.3 cm³/mol. The lowest BCUT2D eigenvalue weighted by atomic mass is 10.1. The fourth-order valence-corrected chi connectivity index (χ4v) is 2.87. The summed E-state index contributed by atoms with van der Waals surface area (Å²) >= 11 is 1.47. The third kappa shape index (κ3) is 2.15. The standard InChI is InChI=1S/C14H11N3OS/c15-13(16)12-10(14-17-6-7-18-14)8-11(19-12)9-4-2-1-3-5-9/h1-8H,(H3,15,16). The first-order valence-electron chi connectivity index (χ1n) is 5.69. The third-order valence-electron chi connectivity index (χ3n) is 2.70. The van der Waals surface area contributed by atoms with Crippen LogP contribution in [0.2, 0.25) is 0 Å². The number of nitrogens with two attached hydrogens (primary N) is 1. The molecule has 3 N–H and O–H groups in total. The van der Waals surface area contributed by atoms with E-state index in [4.69, 9.17) is 15.6 Å². The van der Waals surface area contributed by atoms with Crippen LogP contribution in [0.15, 0.2) is 53.3 Å². The van der Waals surface area contributed by atoms with E-state index in [1.807, 2.05) is 36.4 Å². The highest BCUT2D eigenvalue weighted by Gasteiger charge is 2.17. The van der Waals surface area contributed by atoms with E-state index in [0.717, 1.165) is 16.0 Å². The quantitative estimate of drug-likeness (QED) is 0.565. The second-order valence-electron chi connectivity index (χ2n) is 3.97. The normalized spacial score (nSPS) is 10.5. The van der Waals surface area contributed by atoms with E-state index in [9.17, 15) is 0 Å². The van der Waals surface area contributed by atoms with Gasteiger partial charge in [-0.05, 0) is 11.6 Å². The van der Waals surface area contributed by atoms with Crippen LogP contribution in [0.25, 0.3) is 21.9 Å². The van der Waals surface area contributed by atoms with Crippen molar-refractivity contribution in [2.75, 3.05) is 0 Å². The van der Waals surface area contributed by atoms with Crippen LogP contribution in [-0.2, 0) is 0 Å². The predicted octanol–water partition coefficient (Wildman–Crippen LogP) is 3.35. The minimum Gasteiger partial charge on any atom is -0.444 e. The van der Waals surface area contributed by atoms with Crippen molar-refractivity contribution in [3.63, 3.8) is 0 Å². The summed E-state index contributed by atoms with van der Waals surface area (Å²) in [6.07, 6.45) is 3.10. The van der Waals surface area contributed by atoms with Crippen molar-refractivity contribution < 1.29 is 4.42 Å². The first-order valence-corrected chi connectivity index (χ1v) is 6.51. The summed E-state index contributed by atoms with van der Waals surface area (Å²) in [5, 5.41) is 7.67. The summed E-state index contributed by atoms with van der Waals surface area (Å²) in [7, 11) is 0. The molecule has 0 spiro atoms. The lowest BCUT2D eigenvalue weighted by molar-refractivity contribution is 0.575. The van der Waals surface area contributed by atoms with Gasteiger partial charge in [0.25, 0.3) is 0 Å². The fourth-order valence-electron chi connectivity index (χ4n) is 1.85. The Morgan fingerprint density at radius 1 is 1.26 bits per heavy atom. The van der Waals surface area contributed by atoms with Crippen molar-refractivity contribution in [3.05, 3.63) is 53.7 Å². The highest BCUT2D eigenvalue weighted by Crippen LogP contribution is 2.36. The zero-order chi connectivity index (χ0) is 13.2. The van der Waals surface area contributed by atoms with Gasteiger partial charge in [0.1, 0.15) is 12.1 Å². The number of nitrogen functional groups attached to an aromatic ring is 1. The van der Waals surface area contributed by atoms with Crippen molar-refractivity contribution >= 4 is 17.2 Å². The number of oxazole rings is 1. The molecule has 0 saturated carbocycles. The van der Waals surface area contributed by atoms with Gasteiger partial charge in [0.2, 0.25) is 5.89 Å². The van der Waals surface area contributed by atoms with Crippen molar-refractivity contribution in [2.45, 2.75) is 0 Å². The second-order valence-corrected chi connectivity index (χ2v) is 5.02. The molecule has 0 bridgehead atoms. The Bertz CT molecular complexity index is 702. The molecule has 3 aromatic rings. The Labute approximate surface area is 114 Å². The van der Waals surface area contributed by atoms with Crippen LogP contribution >= 0.6 is 11.3 Å². The Kier molecular flexibility index (Phi) is 2.89. The zero-order valence-electron chi connectivity index (χ0n) is 9.96. The van der Waals surface area contributed by atoms with Crippen LogP contribution in [0, 0.1) is 5.41 Å². The van der Waals surface area contributed by atoms with Gasteiger partial charge >= 0.3 is 0 Å². The van der Waals surface area contributed by atoms with Crippen LogP contribution in [0.1, 0.15) is 4.88 Å². The maximum Gasteiger partial charge on any atom is 0.227 e. The lowest BCUT2D eigenvalue weighted by Gasteiger charge is -1.95. The average Bonchev–Trinajstić information content (AvgIpc) is 3.08. The van der Waals surface area contributed by atoms with Crippen LogP contribution in [0.3, 0.4) is 0 Å². The van der Waals surface area contributed by atoms with Gasteiger partial charge in [-0.25, -0.2) is 4.98 Å². The Morgan fingerprint density at radius 2 is 2.05 bits per heavy atom. The first-order chi connectivity index (χ1) is 9.25. The molecular formula is C14H11N3OS. The van der Waals surface area contributed by atoms with E-state index in [0.29, 0.717) is 10.8 Å². The molecule has 0 saturated heterocycles. The van der Waals surface area contributed by atoms with Crippen molar-refractivity contribution in [1.82, 2.24) is 4.98 Å². The molecule has 3 rings (SSSR count). The summed E-state index contributed by atoms with van der Waals surface area (Å²) in [5.74, 6) is 0.518. The van der Waals surface area contributed by atoms with Crippen LogP contribution < -0.4 is 5.73 Å². The molecule has 1 aromatic carbocycles. The summed E-state index contributed by atoms with van der Waals surface area (Å²) < 4.78 is 5.30. The van der Waals surface area contributed by atoms with Gasteiger partial charge in [-0.1, -0.05) is 30.3 Å². The molecule has 5 heteroatoms. The monoisotopic (exact) mass is 269 g/mol. The number of thiophene rings is 1. The van der Waals surface area contributed by atoms with Crippen LogP contribution in [-0.4, -0.2) is 10.8 Å². The number of aromatic nitrogens is 1. The lowest BCUT2D eigenvalue weighted by Crippen LogP contribution is -2.09. The highest BCUT2D eigenvalue weighted by molar-refractivity contribution is 7.18. The van der Waals surface area contributed by atoms with Crippen molar-refractivity contribution in [1.29, 1.82) is 5.41 Å². The molecule has 0 aliphatic heterocycles. The molecule has 0 unspecified atom stereocenters. The molecule has 94 valence electrons. The van der Waals surface area contributed by atoms with Gasteiger partial charge < -0.3 is 10.2 Å². The van der Waals surface area contributed by atoms with E-state index < -0.39 is 0 Å². The minimum absolute atomic E-state index is 0.0281. The Balaban J connectivity index is 2.15.